The Morgan fingerprint density at radius 1 is 1.06 bits per heavy atom. The first kappa shape index (κ1) is 11.0. The summed E-state index contributed by atoms with van der Waals surface area (Å²) in [6.07, 6.45) is 0.483. The van der Waals surface area contributed by atoms with Gasteiger partial charge >= 0.3 is 0 Å². The van der Waals surface area contributed by atoms with E-state index in [1.807, 2.05) is 37.4 Å². The fourth-order valence-electron chi connectivity index (χ4n) is 2.71. The Hall–Kier alpha value is -2.09. The Labute approximate surface area is 107 Å². The van der Waals surface area contributed by atoms with Gasteiger partial charge in [-0.3, -0.25) is 4.79 Å². The first-order valence-electron chi connectivity index (χ1n) is 6.13. The lowest BCUT2D eigenvalue weighted by Gasteiger charge is -2.23. The molecule has 1 heterocycles. The van der Waals surface area contributed by atoms with Crippen LogP contribution in [-0.4, -0.2) is 12.8 Å². The molecule has 0 bridgehead atoms. The average molecular weight is 237 g/mol. The van der Waals surface area contributed by atoms with Gasteiger partial charge in [-0.1, -0.05) is 30.3 Å². The smallest absolute Gasteiger partial charge is 0.169 e. The van der Waals surface area contributed by atoms with Gasteiger partial charge in [0.1, 0.15) is 0 Å². The number of carbonyl (C=O) groups is 1. The van der Waals surface area contributed by atoms with Gasteiger partial charge in [-0.15, -0.1) is 0 Å². The van der Waals surface area contributed by atoms with Gasteiger partial charge in [0.25, 0.3) is 0 Å². The lowest BCUT2D eigenvalue weighted by Crippen LogP contribution is -2.13. The summed E-state index contributed by atoms with van der Waals surface area (Å²) in [5.74, 6) is 0.200. The molecule has 1 aliphatic heterocycles. The third kappa shape index (κ3) is 1.53. The first-order chi connectivity index (χ1) is 8.68. The molecule has 0 N–H and O–H groups in total. The summed E-state index contributed by atoms with van der Waals surface area (Å²) in [4.78, 5) is 14.5. The molecule has 90 valence electrons. The van der Waals surface area contributed by atoms with Crippen LogP contribution in [-0.2, 0) is 6.42 Å². The molecule has 0 unspecified atom stereocenters. The molecular weight excluding hydrogens is 222 g/mol. The van der Waals surface area contributed by atoms with E-state index < -0.39 is 0 Å². The van der Waals surface area contributed by atoms with Gasteiger partial charge < -0.3 is 4.90 Å². The number of hydrogen-bond donors (Lipinski definition) is 0. The summed E-state index contributed by atoms with van der Waals surface area (Å²) >= 11 is 0. The van der Waals surface area contributed by atoms with E-state index in [1.54, 1.807) is 0 Å². The first-order valence-corrected chi connectivity index (χ1v) is 6.13. The van der Waals surface area contributed by atoms with Crippen LogP contribution in [0.4, 0.5) is 11.4 Å². The van der Waals surface area contributed by atoms with Crippen LogP contribution < -0.4 is 4.90 Å². The maximum atomic E-state index is 12.3. The van der Waals surface area contributed by atoms with Crippen molar-refractivity contribution in [2.24, 2.45) is 0 Å². The molecule has 2 heteroatoms. The highest BCUT2D eigenvalue weighted by Gasteiger charge is 2.23. The Morgan fingerprint density at radius 3 is 2.67 bits per heavy atom. The fourth-order valence-corrected chi connectivity index (χ4v) is 2.71. The molecule has 18 heavy (non-hydrogen) atoms. The molecular formula is C16H15NO. The predicted octanol–water partition coefficient (Wildman–Crippen LogP) is 3.50. The molecule has 0 atom stereocenters. The zero-order valence-corrected chi connectivity index (χ0v) is 10.6. The summed E-state index contributed by atoms with van der Waals surface area (Å²) < 4.78 is 0. The average Bonchev–Trinajstić information content (AvgIpc) is 2.48. The second-order valence-electron chi connectivity index (χ2n) is 4.76. The summed E-state index contributed by atoms with van der Waals surface area (Å²) in [5, 5.41) is 0. The molecule has 0 aromatic heterocycles. The number of Topliss-reactive ketones (excluding diaryl/α,β-unsaturated/α-hetero) is 1. The molecule has 0 saturated carbocycles. The number of anilines is 2. The van der Waals surface area contributed by atoms with E-state index in [4.69, 9.17) is 0 Å². The molecule has 0 fully saturated rings. The highest BCUT2D eigenvalue weighted by molar-refractivity contribution is 6.06. The van der Waals surface area contributed by atoms with Crippen molar-refractivity contribution in [2.45, 2.75) is 13.3 Å². The van der Waals surface area contributed by atoms with E-state index in [-0.39, 0.29) is 5.78 Å². The zero-order chi connectivity index (χ0) is 12.7. The van der Waals surface area contributed by atoms with Crippen LogP contribution in [0.25, 0.3) is 0 Å². The number of rotatable bonds is 0. The number of nitrogens with zero attached hydrogens (tertiary/aromatic N) is 1. The lowest BCUT2D eigenvalue weighted by molar-refractivity contribution is 0.0994. The van der Waals surface area contributed by atoms with Gasteiger partial charge in [-0.2, -0.15) is 0 Å². The number of ketones is 1. The van der Waals surface area contributed by atoms with Gasteiger partial charge in [0, 0.05) is 24.7 Å². The van der Waals surface area contributed by atoms with Crippen molar-refractivity contribution >= 4 is 17.2 Å². The van der Waals surface area contributed by atoms with Crippen molar-refractivity contribution in [3.63, 3.8) is 0 Å². The lowest BCUT2D eigenvalue weighted by atomic mass is 10.0. The number of hydrogen-bond acceptors (Lipinski definition) is 2. The maximum absolute atomic E-state index is 12.3. The minimum absolute atomic E-state index is 0.200. The van der Waals surface area contributed by atoms with Crippen LogP contribution in [0.15, 0.2) is 42.5 Å². The summed E-state index contributed by atoms with van der Waals surface area (Å²) in [5.41, 5.74) is 5.22. The quantitative estimate of drug-likeness (QED) is 0.699. The van der Waals surface area contributed by atoms with E-state index in [2.05, 4.69) is 24.0 Å². The van der Waals surface area contributed by atoms with Crippen LogP contribution in [0.1, 0.15) is 21.5 Å². The van der Waals surface area contributed by atoms with E-state index in [1.165, 1.54) is 0 Å². The predicted molar refractivity (Wildman–Crippen MR) is 73.7 cm³/mol. The van der Waals surface area contributed by atoms with Gasteiger partial charge in [0.15, 0.2) is 5.78 Å². The monoisotopic (exact) mass is 237 g/mol. The van der Waals surface area contributed by atoms with E-state index in [9.17, 15) is 4.79 Å². The largest absolute Gasteiger partial charge is 0.344 e. The number of carbonyl (C=O) groups excluding carboxylic acids is 1. The molecule has 3 rings (SSSR count). The Balaban J connectivity index is 2.30. The van der Waals surface area contributed by atoms with Crippen LogP contribution in [0, 0.1) is 6.92 Å². The molecule has 0 radical (unpaired) electrons. The maximum Gasteiger partial charge on any atom is 0.169 e. The van der Waals surface area contributed by atoms with Crippen molar-refractivity contribution in [3.8, 4) is 0 Å². The molecule has 0 amide bonds. The molecule has 0 spiro atoms. The van der Waals surface area contributed by atoms with E-state index in [0.29, 0.717) is 6.42 Å². The molecule has 2 aromatic rings. The van der Waals surface area contributed by atoms with E-state index in [0.717, 1.165) is 28.1 Å². The van der Waals surface area contributed by atoms with Gasteiger partial charge in [-0.25, -0.2) is 0 Å². The van der Waals surface area contributed by atoms with Crippen LogP contribution >= 0.6 is 0 Å². The van der Waals surface area contributed by atoms with E-state index >= 15 is 0 Å². The number of para-hydroxylation sites is 2. The Morgan fingerprint density at radius 2 is 1.83 bits per heavy atom. The number of aryl methyl sites for hydroxylation is 1. The van der Waals surface area contributed by atoms with Crippen molar-refractivity contribution < 1.29 is 4.79 Å². The second kappa shape index (κ2) is 3.98. The fraction of sp³-hybridized carbons (Fsp3) is 0.188. The molecule has 2 aromatic carbocycles. The highest BCUT2D eigenvalue weighted by atomic mass is 16.1. The summed E-state index contributed by atoms with van der Waals surface area (Å²) in [7, 11) is 2.03. The zero-order valence-electron chi connectivity index (χ0n) is 10.6. The Bertz CT molecular complexity index is 631. The summed E-state index contributed by atoms with van der Waals surface area (Å²) in [6.45, 7) is 2.05. The minimum Gasteiger partial charge on any atom is -0.344 e. The van der Waals surface area contributed by atoms with Gasteiger partial charge in [0.2, 0.25) is 0 Å². The van der Waals surface area contributed by atoms with Crippen LogP contribution in [0.3, 0.4) is 0 Å². The van der Waals surface area contributed by atoms with Crippen molar-refractivity contribution in [1.29, 1.82) is 0 Å². The molecule has 1 aliphatic rings. The Kier molecular flexibility index (Phi) is 2.44. The normalized spacial score (nSPS) is 13.9. The van der Waals surface area contributed by atoms with Crippen molar-refractivity contribution in [1.82, 2.24) is 0 Å². The third-order valence-corrected chi connectivity index (χ3v) is 3.58. The SMILES string of the molecule is Cc1cccc2c1N(C)c1ccccc1CC2=O. The molecule has 0 aliphatic carbocycles. The summed E-state index contributed by atoms with van der Waals surface area (Å²) in [6, 6.07) is 14.0. The standard InChI is InChI=1S/C16H15NO/c1-11-6-5-8-13-15(18)10-12-7-3-4-9-14(12)17(2)16(11)13/h3-9H,10H2,1-2H3. The minimum atomic E-state index is 0.200. The topological polar surface area (TPSA) is 20.3 Å². The number of benzene rings is 2. The van der Waals surface area contributed by atoms with Crippen molar-refractivity contribution in [2.75, 3.05) is 11.9 Å². The highest BCUT2D eigenvalue weighted by Crippen LogP contribution is 2.36. The van der Waals surface area contributed by atoms with Gasteiger partial charge in [0.05, 0.1) is 5.69 Å². The second-order valence-corrected chi connectivity index (χ2v) is 4.76. The molecule has 2 nitrogen and oxygen atoms in total. The van der Waals surface area contributed by atoms with Crippen molar-refractivity contribution in [3.05, 3.63) is 59.2 Å². The third-order valence-electron chi connectivity index (χ3n) is 3.58. The van der Waals surface area contributed by atoms with Crippen LogP contribution in [0.2, 0.25) is 0 Å². The van der Waals surface area contributed by atoms with Gasteiger partial charge in [-0.05, 0) is 30.2 Å². The molecule has 0 saturated heterocycles. The number of fused-ring (bicyclic) bond motifs is 2. The van der Waals surface area contributed by atoms with Crippen LogP contribution in [0.5, 0.6) is 0 Å².